The fourth-order valence-corrected chi connectivity index (χ4v) is 2.41. The minimum absolute atomic E-state index is 1.12. The third kappa shape index (κ3) is 2.43. The molecule has 2 aliphatic rings. The molecule has 0 saturated carbocycles. The highest BCUT2D eigenvalue weighted by molar-refractivity contribution is 5.80. The van der Waals surface area contributed by atoms with Crippen LogP contribution in [-0.2, 0) is 0 Å². The molecule has 0 aromatic rings. The van der Waals surface area contributed by atoms with Gasteiger partial charge in [-0.15, -0.1) is 0 Å². The maximum absolute atomic E-state index is 4.47. The van der Waals surface area contributed by atoms with E-state index in [2.05, 4.69) is 26.7 Å². The van der Waals surface area contributed by atoms with Crippen molar-refractivity contribution >= 4 is 5.96 Å². The van der Waals surface area contributed by atoms with Gasteiger partial charge in [-0.3, -0.25) is 4.99 Å². The third-order valence-corrected chi connectivity index (χ3v) is 3.38. The molecule has 0 N–H and O–H groups in total. The third-order valence-electron chi connectivity index (χ3n) is 3.38. The smallest absolute Gasteiger partial charge is 0.196 e. The molecule has 86 valence electrons. The normalized spacial score (nSPS) is 25.1. The van der Waals surface area contributed by atoms with E-state index >= 15 is 0 Å². The molecule has 0 spiro atoms. The number of likely N-dealkylation sites (tertiary alicyclic amines) is 1. The van der Waals surface area contributed by atoms with Gasteiger partial charge in [-0.25, -0.2) is 0 Å². The first kappa shape index (κ1) is 10.7. The molecular weight excluding hydrogens is 188 g/mol. The number of hydrogen-bond donors (Lipinski definition) is 0. The Morgan fingerprint density at radius 3 is 1.93 bits per heavy atom. The zero-order valence-electron chi connectivity index (χ0n) is 9.95. The van der Waals surface area contributed by atoms with Gasteiger partial charge in [0.2, 0.25) is 0 Å². The standard InChI is InChI=1S/C11H22N4/c1-12-11(14-5-3-4-6-14)15-9-7-13(2)8-10-15/h3-10H2,1-2H3/b12-11-. The quantitative estimate of drug-likeness (QED) is 0.424. The average molecular weight is 210 g/mol. The van der Waals surface area contributed by atoms with E-state index < -0.39 is 0 Å². The number of nitrogens with zero attached hydrogens (tertiary/aromatic N) is 4. The summed E-state index contributed by atoms with van der Waals surface area (Å²) < 4.78 is 0. The number of guanidine groups is 1. The van der Waals surface area contributed by atoms with E-state index in [-0.39, 0.29) is 0 Å². The first-order valence-electron chi connectivity index (χ1n) is 5.96. The largest absolute Gasteiger partial charge is 0.343 e. The maximum Gasteiger partial charge on any atom is 0.196 e. The molecule has 0 bridgehead atoms. The molecule has 4 nitrogen and oxygen atoms in total. The summed E-state index contributed by atoms with van der Waals surface area (Å²) in [4.78, 5) is 11.7. The molecule has 0 aromatic heterocycles. The molecule has 4 heteroatoms. The highest BCUT2D eigenvalue weighted by atomic mass is 15.4. The van der Waals surface area contributed by atoms with Crippen molar-refractivity contribution in [1.29, 1.82) is 0 Å². The van der Waals surface area contributed by atoms with Crippen molar-refractivity contribution < 1.29 is 0 Å². The van der Waals surface area contributed by atoms with Crippen LogP contribution >= 0.6 is 0 Å². The number of rotatable bonds is 0. The van der Waals surface area contributed by atoms with Gasteiger partial charge in [0.15, 0.2) is 5.96 Å². The minimum atomic E-state index is 1.12. The molecule has 0 aliphatic carbocycles. The maximum atomic E-state index is 4.47. The predicted molar refractivity (Wildman–Crippen MR) is 63.2 cm³/mol. The SMILES string of the molecule is C/N=C(/N1CCCC1)N1CCN(C)CC1. The van der Waals surface area contributed by atoms with Gasteiger partial charge >= 0.3 is 0 Å². The van der Waals surface area contributed by atoms with Crippen LogP contribution in [0.4, 0.5) is 0 Å². The Balaban J connectivity index is 1.94. The van der Waals surface area contributed by atoms with Crippen LogP contribution in [0.1, 0.15) is 12.8 Å². The van der Waals surface area contributed by atoms with Crippen molar-refractivity contribution in [3.63, 3.8) is 0 Å². The topological polar surface area (TPSA) is 22.1 Å². The van der Waals surface area contributed by atoms with Crippen LogP contribution < -0.4 is 0 Å². The summed E-state index contributed by atoms with van der Waals surface area (Å²) >= 11 is 0. The number of piperazine rings is 1. The minimum Gasteiger partial charge on any atom is -0.343 e. The van der Waals surface area contributed by atoms with E-state index in [1.807, 2.05) is 7.05 Å². The molecule has 2 aliphatic heterocycles. The van der Waals surface area contributed by atoms with Gasteiger partial charge in [-0.1, -0.05) is 0 Å². The highest BCUT2D eigenvalue weighted by Crippen LogP contribution is 2.12. The summed E-state index contributed by atoms with van der Waals surface area (Å²) in [5.41, 5.74) is 0. The number of hydrogen-bond acceptors (Lipinski definition) is 2. The van der Waals surface area contributed by atoms with Crippen molar-refractivity contribution in [3.8, 4) is 0 Å². The Morgan fingerprint density at radius 1 is 0.867 bits per heavy atom. The predicted octanol–water partition coefficient (Wildman–Crippen LogP) is 0.315. The Bertz CT molecular complexity index is 225. The molecule has 15 heavy (non-hydrogen) atoms. The first-order chi connectivity index (χ1) is 7.31. The molecule has 2 heterocycles. The Morgan fingerprint density at radius 2 is 1.40 bits per heavy atom. The van der Waals surface area contributed by atoms with Gasteiger partial charge < -0.3 is 14.7 Å². The van der Waals surface area contributed by atoms with Crippen molar-refractivity contribution in [2.45, 2.75) is 12.8 Å². The van der Waals surface area contributed by atoms with Crippen LogP contribution in [0.5, 0.6) is 0 Å². The summed E-state index contributed by atoms with van der Waals surface area (Å²) in [5.74, 6) is 1.22. The Kier molecular flexibility index (Phi) is 3.46. The summed E-state index contributed by atoms with van der Waals surface area (Å²) in [5, 5.41) is 0. The van der Waals surface area contributed by atoms with Crippen LogP contribution in [0.15, 0.2) is 4.99 Å². The monoisotopic (exact) mass is 210 g/mol. The molecule has 0 unspecified atom stereocenters. The Hall–Kier alpha value is -0.770. The van der Waals surface area contributed by atoms with Crippen LogP contribution in [0.25, 0.3) is 0 Å². The van der Waals surface area contributed by atoms with E-state index in [9.17, 15) is 0 Å². The van der Waals surface area contributed by atoms with Gasteiger partial charge in [0, 0.05) is 46.3 Å². The number of likely N-dealkylation sites (N-methyl/N-ethyl adjacent to an activating group) is 1. The zero-order valence-corrected chi connectivity index (χ0v) is 9.95. The van der Waals surface area contributed by atoms with Crippen molar-refractivity contribution in [1.82, 2.24) is 14.7 Å². The zero-order chi connectivity index (χ0) is 10.7. The lowest BCUT2D eigenvalue weighted by molar-refractivity contribution is 0.200. The summed E-state index contributed by atoms with van der Waals surface area (Å²) in [6, 6.07) is 0. The summed E-state index contributed by atoms with van der Waals surface area (Å²) in [6.07, 6.45) is 2.65. The van der Waals surface area contributed by atoms with Gasteiger partial charge in [0.1, 0.15) is 0 Å². The van der Waals surface area contributed by atoms with Crippen LogP contribution in [0.3, 0.4) is 0 Å². The van der Waals surface area contributed by atoms with E-state index in [0.29, 0.717) is 0 Å². The molecule has 0 atom stereocenters. The molecule has 2 saturated heterocycles. The van der Waals surface area contributed by atoms with E-state index in [0.717, 1.165) is 26.2 Å². The van der Waals surface area contributed by atoms with Gasteiger partial charge in [-0.2, -0.15) is 0 Å². The molecular formula is C11H22N4. The van der Waals surface area contributed by atoms with Crippen LogP contribution in [0, 0.1) is 0 Å². The summed E-state index contributed by atoms with van der Waals surface area (Å²) in [7, 11) is 4.11. The molecule has 2 fully saturated rings. The average Bonchev–Trinajstić information content (AvgIpc) is 2.75. The van der Waals surface area contributed by atoms with E-state index in [1.165, 1.54) is 31.9 Å². The highest BCUT2D eigenvalue weighted by Gasteiger charge is 2.23. The van der Waals surface area contributed by atoms with Gasteiger partial charge in [-0.05, 0) is 19.9 Å². The molecule has 0 amide bonds. The fourth-order valence-electron chi connectivity index (χ4n) is 2.41. The van der Waals surface area contributed by atoms with Crippen LogP contribution in [0.2, 0.25) is 0 Å². The molecule has 2 rings (SSSR count). The first-order valence-corrected chi connectivity index (χ1v) is 5.96. The molecule has 0 radical (unpaired) electrons. The molecule has 0 aromatic carbocycles. The lowest BCUT2D eigenvalue weighted by Gasteiger charge is -2.37. The second-order valence-corrected chi connectivity index (χ2v) is 4.51. The van der Waals surface area contributed by atoms with Crippen LogP contribution in [-0.4, -0.2) is 74.0 Å². The summed E-state index contributed by atoms with van der Waals surface area (Å²) in [6.45, 7) is 6.96. The van der Waals surface area contributed by atoms with Crippen molar-refractivity contribution in [2.24, 2.45) is 4.99 Å². The van der Waals surface area contributed by atoms with E-state index in [1.54, 1.807) is 0 Å². The van der Waals surface area contributed by atoms with E-state index in [4.69, 9.17) is 0 Å². The fraction of sp³-hybridized carbons (Fsp3) is 0.909. The lowest BCUT2D eigenvalue weighted by atomic mass is 10.3. The number of aliphatic imine (C=N–C) groups is 1. The van der Waals surface area contributed by atoms with Crippen molar-refractivity contribution in [2.75, 3.05) is 53.4 Å². The van der Waals surface area contributed by atoms with Gasteiger partial charge in [0.25, 0.3) is 0 Å². The van der Waals surface area contributed by atoms with Crippen molar-refractivity contribution in [3.05, 3.63) is 0 Å². The Labute approximate surface area is 92.6 Å². The lowest BCUT2D eigenvalue weighted by Crippen LogP contribution is -2.52. The second kappa shape index (κ2) is 4.84. The second-order valence-electron chi connectivity index (χ2n) is 4.51. The van der Waals surface area contributed by atoms with Gasteiger partial charge in [0.05, 0.1) is 0 Å².